The van der Waals surface area contributed by atoms with Gasteiger partial charge in [0, 0.05) is 18.5 Å². The lowest BCUT2D eigenvalue weighted by Gasteiger charge is -2.19. The minimum Gasteiger partial charge on any atom is -0.444 e. The number of hydrogen-bond acceptors (Lipinski definition) is 3. The molecule has 0 aliphatic carbocycles. The first-order chi connectivity index (χ1) is 11.5. The van der Waals surface area contributed by atoms with E-state index in [1.54, 1.807) is 6.20 Å². The van der Waals surface area contributed by atoms with Crippen LogP contribution in [0, 0.1) is 11.8 Å². The Balaban J connectivity index is 1.79. The third-order valence-electron chi connectivity index (χ3n) is 3.07. The highest BCUT2D eigenvalue weighted by Gasteiger charge is 2.15. The molecule has 2 N–H and O–H groups in total. The fourth-order valence-electron chi connectivity index (χ4n) is 2.04. The molecule has 0 aliphatic heterocycles. The van der Waals surface area contributed by atoms with E-state index in [2.05, 4.69) is 27.4 Å². The predicted octanol–water partition coefficient (Wildman–Crippen LogP) is 3.73. The van der Waals surface area contributed by atoms with Crippen LogP contribution < -0.4 is 5.32 Å². The minimum absolute atomic E-state index is 0.392. The van der Waals surface area contributed by atoms with Gasteiger partial charge in [-0.1, -0.05) is 42.2 Å². The molecule has 1 heterocycles. The van der Waals surface area contributed by atoms with Crippen molar-refractivity contribution in [2.75, 3.05) is 6.54 Å². The molecule has 2 aromatic rings. The zero-order chi connectivity index (χ0) is 17.4. The van der Waals surface area contributed by atoms with Gasteiger partial charge in [-0.3, -0.25) is 5.10 Å². The molecule has 0 radical (unpaired) electrons. The van der Waals surface area contributed by atoms with Crippen molar-refractivity contribution >= 4 is 6.09 Å². The SMILES string of the molecule is CC(C)(C)OC(=O)NCCCC#Cc1cn[nH]c1-c1ccccc1. The maximum atomic E-state index is 11.5. The number of benzene rings is 1. The Hall–Kier alpha value is -2.74. The number of H-pyrrole nitrogens is 1. The summed E-state index contributed by atoms with van der Waals surface area (Å²) in [5.74, 6) is 6.25. The number of amides is 1. The van der Waals surface area contributed by atoms with Gasteiger partial charge in [-0.05, 0) is 27.2 Å². The van der Waals surface area contributed by atoms with Crippen molar-refractivity contribution in [3.63, 3.8) is 0 Å². The molecule has 0 fully saturated rings. The van der Waals surface area contributed by atoms with Crippen LogP contribution in [0.2, 0.25) is 0 Å². The van der Waals surface area contributed by atoms with Crippen LogP contribution in [0.4, 0.5) is 4.79 Å². The Morgan fingerprint density at radius 2 is 2.04 bits per heavy atom. The van der Waals surface area contributed by atoms with Crippen molar-refractivity contribution in [3.8, 4) is 23.1 Å². The number of alkyl carbamates (subject to hydrolysis) is 1. The van der Waals surface area contributed by atoms with Crippen LogP contribution in [0.5, 0.6) is 0 Å². The minimum atomic E-state index is -0.473. The van der Waals surface area contributed by atoms with Gasteiger partial charge < -0.3 is 10.1 Å². The lowest BCUT2D eigenvalue weighted by atomic mass is 10.1. The van der Waals surface area contributed by atoms with Crippen molar-refractivity contribution in [1.82, 2.24) is 15.5 Å². The van der Waals surface area contributed by atoms with Crippen molar-refractivity contribution in [2.45, 2.75) is 39.2 Å². The van der Waals surface area contributed by atoms with E-state index in [-0.39, 0.29) is 0 Å². The molecular weight excluding hydrogens is 302 g/mol. The van der Waals surface area contributed by atoms with E-state index in [1.165, 1.54) is 0 Å². The van der Waals surface area contributed by atoms with Crippen molar-refractivity contribution in [1.29, 1.82) is 0 Å². The van der Waals surface area contributed by atoms with Crippen LogP contribution in [0.15, 0.2) is 36.5 Å². The van der Waals surface area contributed by atoms with Crippen LogP contribution in [0.1, 0.15) is 39.2 Å². The van der Waals surface area contributed by atoms with Gasteiger partial charge in [0.2, 0.25) is 0 Å². The molecule has 0 unspecified atom stereocenters. The summed E-state index contributed by atoms with van der Waals surface area (Å²) in [6.07, 6.45) is 2.80. The second-order valence-corrected chi connectivity index (χ2v) is 6.36. The van der Waals surface area contributed by atoms with Gasteiger partial charge in [-0.25, -0.2) is 4.79 Å². The summed E-state index contributed by atoms with van der Waals surface area (Å²) in [7, 11) is 0. The molecule has 126 valence electrons. The quantitative estimate of drug-likeness (QED) is 0.665. The van der Waals surface area contributed by atoms with E-state index in [0.717, 1.165) is 23.2 Å². The number of carbonyl (C=O) groups is 1. The van der Waals surface area contributed by atoms with Crippen LogP contribution >= 0.6 is 0 Å². The zero-order valence-corrected chi connectivity index (χ0v) is 14.3. The van der Waals surface area contributed by atoms with Gasteiger partial charge in [-0.2, -0.15) is 5.10 Å². The molecule has 24 heavy (non-hydrogen) atoms. The maximum absolute atomic E-state index is 11.5. The summed E-state index contributed by atoms with van der Waals surface area (Å²) in [4.78, 5) is 11.5. The standard InChI is InChI=1S/C19H23N3O2/c1-19(2,3)24-18(23)20-13-9-5-8-12-16-14-21-22-17(16)15-10-6-4-7-11-15/h4,6-7,10-11,14H,5,9,13H2,1-3H3,(H,20,23)(H,21,22). The Morgan fingerprint density at radius 1 is 1.29 bits per heavy atom. The molecule has 0 aliphatic rings. The molecule has 0 atom stereocenters. The first kappa shape index (κ1) is 17.6. The first-order valence-electron chi connectivity index (χ1n) is 8.00. The molecule has 1 amide bonds. The Labute approximate surface area is 142 Å². The van der Waals surface area contributed by atoms with Gasteiger partial charge in [0.25, 0.3) is 0 Å². The molecule has 1 aromatic carbocycles. The van der Waals surface area contributed by atoms with E-state index in [4.69, 9.17) is 4.74 Å². The van der Waals surface area contributed by atoms with Gasteiger partial charge in [-0.15, -0.1) is 0 Å². The van der Waals surface area contributed by atoms with Crippen LogP contribution in [0.25, 0.3) is 11.3 Å². The average Bonchev–Trinajstić information content (AvgIpc) is 2.98. The molecule has 1 aromatic heterocycles. The Bertz CT molecular complexity index is 718. The third-order valence-corrected chi connectivity index (χ3v) is 3.07. The number of ether oxygens (including phenoxy) is 1. The number of rotatable bonds is 4. The second-order valence-electron chi connectivity index (χ2n) is 6.36. The normalized spacial score (nSPS) is 10.6. The Kier molecular flexibility index (Phi) is 6.02. The summed E-state index contributed by atoms with van der Waals surface area (Å²) in [5.41, 5.74) is 2.39. The molecule has 2 rings (SSSR count). The zero-order valence-electron chi connectivity index (χ0n) is 14.3. The van der Waals surface area contributed by atoms with E-state index in [9.17, 15) is 4.79 Å². The number of nitrogens with zero attached hydrogens (tertiary/aromatic N) is 1. The van der Waals surface area contributed by atoms with Gasteiger partial charge in [0.05, 0.1) is 17.5 Å². The van der Waals surface area contributed by atoms with Crippen molar-refractivity contribution in [3.05, 3.63) is 42.1 Å². The summed E-state index contributed by atoms with van der Waals surface area (Å²) in [6.45, 7) is 6.06. The molecule has 0 spiro atoms. The van der Waals surface area contributed by atoms with E-state index in [1.807, 2.05) is 51.1 Å². The number of nitrogens with one attached hydrogen (secondary N) is 2. The van der Waals surface area contributed by atoms with Crippen molar-refractivity contribution < 1.29 is 9.53 Å². The fraction of sp³-hybridized carbons (Fsp3) is 0.368. The average molecular weight is 325 g/mol. The van der Waals surface area contributed by atoms with Gasteiger partial charge >= 0.3 is 6.09 Å². The molecule has 5 nitrogen and oxygen atoms in total. The molecule has 0 saturated heterocycles. The second kappa shape index (κ2) is 8.21. The summed E-state index contributed by atoms with van der Waals surface area (Å²) in [5, 5.41) is 9.78. The molecule has 0 saturated carbocycles. The van der Waals surface area contributed by atoms with E-state index in [0.29, 0.717) is 13.0 Å². The Morgan fingerprint density at radius 3 is 2.75 bits per heavy atom. The highest BCUT2D eigenvalue weighted by Crippen LogP contribution is 2.19. The lowest BCUT2D eigenvalue weighted by Crippen LogP contribution is -2.32. The topological polar surface area (TPSA) is 67.0 Å². The number of aromatic nitrogens is 2. The molecular formula is C19H23N3O2. The maximum Gasteiger partial charge on any atom is 0.407 e. The summed E-state index contributed by atoms with van der Waals surface area (Å²) >= 11 is 0. The van der Waals surface area contributed by atoms with Crippen molar-refractivity contribution in [2.24, 2.45) is 0 Å². The smallest absolute Gasteiger partial charge is 0.407 e. The van der Waals surface area contributed by atoms with Crippen LogP contribution in [0.3, 0.4) is 0 Å². The highest BCUT2D eigenvalue weighted by molar-refractivity contribution is 5.67. The molecule has 0 bridgehead atoms. The van der Waals surface area contributed by atoms with E-state index < -0.39 is 11.7 Å². The number of carbonyl (C=O) groups excluding carboxylic acids is 1. The fourth-order valence-corrected chi connectivity index (χ4v) is 2.04. The number of unbranched alkanes of at least 4 members (excludes halogenated alkanes) is 1. The monoisotopic (exact) mass is 325 g/mol. The number of hydrogen-bond donors (Lipinski definition) is 2. The van der Waals surface area contributed by atoms with Gasteiger partial charge in [0.1, 0.15) is 5.60 Å². The first-order valence-corrected chi connectivity index (χ1v) is 8.00. The largest absolute Gasteiger partial charge is 0.444 e. The van der Waals surface area contributed by atoms with E-state index >= 15 is 0 Å². The third kappa shape index (κ3) is 5.81. The van der Waals surface area contributed by atoms with Crippen LogP contribution in [-0.4, -0.2) is 28.4 Å². The van der Waals surface area contributed by atoms with Gasteiger partial charge in [0.15, 0.2) is 0 Å². The lowest BCUT2D eigenvalue weighted by molar-refractivity contribution is 0.0527. The highest BCUT2D eigenvalue weighted by atomic mass is 16.6. The van der Waals surface area contributed by atoms with Crippen LogP contribution in [-0.2, 0) is 4.74 Å². The summed E-state index contributed by atoms with van der Waals surface area (Å²) < 4.78 is 5.17. The predicted molar refractivity (Wildman–Crippen MR) is 94.4 cm³/mol. The molecule has 5 heteroatoms. The summed E-state index contributed by atoms with van der Waals surface area (Å²) in [6, 6.07) is 9.97. The number of aromatic amines is 1.